The summed E-state index contributed by atoms with van der Waals surface area (Å²) < 4.78 is 10.6. The molecule has 3 rings (SSSR count). The minimum Gasteiger partial charge on any atom is -0.497 e. The number of methoxy groups -OCH3 is 2. The Morgan fingerprint density at radius 3 is 2.32 bits per heavy atom. The van der Waals surface area contributed by atoms with Gasteiger partial charge in [0, 0.05) is 19.2 Å². The molecule has 1 N–H and O–H groups in total. The fourth-order valence-corrected chi connectivity index (χ4v) is 3.13. The number of nitrogens with zero attached hydrogens (tertiary/aromatic N) is 3. The molecular weight excluding hydrogens is 318 g/mol. The lowest BCUT2D eigenvalue weighted by Crippen LogP contribution is -2.43. The van der Waals surface area contributed by atoms with E-state index >= 15 is 0 Å². The Balaban J connectivity index is 1.79. The Morgan fingerprint density at radius 2 is 1.76 bits per heavy atom. The van der Waals surface area contributed by atoms with Crippen molar-refractivity contribution in [2.75, 3.05) is 32.2 Å². The van der Waals surface area contributed by atoms with Crippen LogP contribution in [-0.2, 0) is 5.60 Å². The molecule has 0 aliphatic carbocycles. The summed E-state index contributed by atoms with van der Waals surface area (Å²) in [5, 5.41) is 20.1. The summed E-state index contributed by atoms with van der Waals surface area (Å²) in [4.78, 5) is 6.42. The summed E-state index contributed by atoms with van der Waals surface area (Å²) in [5.74, 6) is 2.09. The van der Waals surface area contributed by atoms with Crippen LogP contribution in [0.4, 0.5) is 5.82 Å². The molecule has 0 radical (unpaired) electrons. The van der Waals surface area contributed by atoms with Crippen LogP contribution in [0.3, 0.4) is 0 Å². The maximum Gasteiger partial charge on any atom is 0.142 e. The molecule has 1 aromatic carbocycles. The first-order valence-corrected chi connectivity index (χ1v) is 8.16. The van der Waals surface area contributed by atoms with Gasteiger partial charge in [-0.3, -0.25) is 0 Å². The Labute approximate surface area is 147 Å². The molecule has 1 aliphatic rings. The predicted molar refractivity (Wildman–Crippen MR) is 93.8 cm³/mol. The van der Waals surface area contributed by atoms with Gasteiger partial charge in [-0.25, -0.2) is 4.98 Å². The second-order valence-corrected chi connectivity index (χ2v) is 6.11. The molecule has 2 heterocycles. The molecule has 0 spiro atoms. The van der Waals surface area contributed by atoms with Crippen LogP contribution in [0.25, 0.3) is 0 Å². The number of piperidine rings is 1. The van der Waals surface area contributed by atoms with Crippen LogP contribution in [0.1, 0.15) is 24.1 Å². The number of pyridine rings is 1. The van der Waals surface area contributed by atoms with Crippen molar-refractivity contribution in [2.45, 2.75) is 18.4 Å². The normalized spacial score (nSPS) is 16.2. The van der Waals surface area contributed by atoms with Crippen LogP contribution in [0.15, 0.2) is 36.4 Å². The smallest absolute Gasteiger partial charge is 0.142 e. The largest absolute Gasteiger partial charge is 0.497 e. The van der Waals surface area contributed by atoms with E-state index in [2.05, 4.69) is 16.0 Å². The number of aromatic nitrogens is 1. The Kier molecular flexibility index (Phi) is 4.77. The maximum atomic E-state index is 11.1. The van der Waals surface area contributed by atoms with Crippen LogP contribution >= 0.6 is 0 Å². The number of ether oxygens (including phenoxy) is 2. The number of nitriles is 1. The highest BCUT2D eigenvalue weighted by Crippen LogP contribution is 2.37. The van der Waals surface area contributed by atoms with Gasteiger partial charge in [-0.2, -0.15) is 5.26 Å². The Morgan fingerprint density at radius 1 is 1.12 bits per heavy atom. The van der Waals surface area contributed by atoms with Gasteiger partial charge in [0.15, 0.2) is 0 Å². The lowest BCUT2D eigenvalue weighted by molar-refractivity contribution is 0.0113. The van der Waals surface area contributed by atoms with Gasteiger partial charge in [0.25, 0.3) is 0 Å². The third-order valence-electron chi connectivity index (χ3n) is 4.65. The lowest BCUT2D eigenvalue weighted by atomic mass is 9.84. The quantitative estimate of drug-likeness (QED) is 0.922. The number of hydrogen-bond acceptors (Lipinski definition) is 6. The first-order valence-electron chi connectivity index (χ1n) is 8.16. The van der Waals surface area contributed by atoms with Gasteiger partial charge in [-0.05, 0) is 42.7 Å². The molecule has 2 aromatic rings. The number of rotatable bonds is 4. The second-order valence-electron chi connectivity index (χ2n) is 6.11. The molecule has 1 saturated heterocycles. The number of benzene rings is 1. The molecule has 1 fully saturated rings. The van der Waals surface area contributed by atoms with Gasteiger partial charge in [0.1, 0.15) is 29.1 Å². The van der Waals surface area contributed by atoms with Crippen molar-refractivity contribution in [1.82, 2.24) is 4.98 Å². The average Bonchev–Trinajstić information content (AvgIpc) is 2.68. The van der Waals surface area contributed by atoms with Crippen molar-refractivity contribution in [3.63, 3.8) is 0 Å². The van der Waals surface area contributed by atoms with Gasteiger partial charge >= 0.3 is 0 Å². The molecule has 6 heteroatoms. The number of aliphatic hydroxyl groups is 1. The highest BCUT2D eigenvalue weighted by atomic mass is 16.5. The molecule has 0 atom stereocenters. The summed E-state index contributed by atoms with van der Waals surface area (Å²) in [6.45, 7) is 1.30. The van der Waals surface area contributed by atoms with Crippen molar-refractivity contribution in [2.24, 2.45) is 0 Å². The zero-order valence-corrected chi connectivity index (χ0v) is 14.4. The lowest BCUT2D eigenvalue weighted by Gasteiger charge is -2.39. The van der Waals surface area contributed by atoms with Crippen molar-refractivity contribution < 1.29 is 14.6 Å². The van der Waals surface area contributed by atoms with Crippen molar-refractivity contribution in [3.8, 4) is 17.6 Å². The first-order chi connectivity index (χ1) is 12.1. The topological polar surface area (TPSA) is 78.6 Å². The van der Waals surface area contributed by atoms with Gasteiger partial charge in [-0.15, -0.1) is 0 Å². The van der Waals surface area contributed by atoms with E-state index in [1.807, 2.05) is 24.3 Å². The number of hydrogen-bond donors (Lipinski definition) is 1. The first kappa shape index (κ1) is 17.1. The van der Waals surface area contributed by atoms with E-state index in [9.17, 15) is 5.11 Å². The SMILES string of the molecule is COc1cc(OC)cc(C2(O)CCN(c3cccc(C#N)n3)CC2)c1. The van der Waals surface area contributed by atoms with E-state index in [1.165, 1.54) is 0 Å². The molecule has 6 nitrogen and oxygen atoms in total. The zero-order valence-electron chi connectivity index (χ0n) is 14.4. The van der Waals surface area contributed by atoms with E-state index in [-0.39, 0.29) is 0 Å². The monoisotopic (exact) mass is 339 g/mol. The summed E-state index contributed by atoms with van der Waals surface area (Å²) in [6, 6.07) is 13.0. The molecule has 0 amide bonds. The zero-order chi connectivity index (χ0) is 17.9. The summed E-state index contributed by atoms with van der Waals surface area (Å²) in [6.07, 6.45) is 1.11. The van der Waals surface area contributed by atoms with Crippen LogP contribution in [0, 0.1) is 11.3 Å². The minimum atomic E-state index is -0.939. The average molecular weight is 339 g/mol. The third kappa shape index (κ3) is 3.52. The molecule has 25 heavy (non-hydrogen) atoms. The molecule has 0 bridgehead atoms. The van der Waals surface area contributed by atoms with Gasteiger partial charge < -0.3 is 19.5 Å². The number of anilines is 1. The minimum absolute atomic E-state index is 0.399. The summed E-state index contributed by atoms with van der Waals surface area (Å²) in [7, 11) is 3.19. The molecule has 130 valence electrons. The fraction of sp³-hybridized carbons (Fsp3) is 0.368. The third-order valence-corrected chi connectivity index (χ3v) is 4.65. The van der Waals surface area contributed by atoms with E-state index < -0.39 is 5.60 Å². The van der Waals surface area contributed by atoms with Crippen LogP contribution in [0.5, 0.6) is 11.5 Å². The van der Waals surface area contributed by atoms with Gasteiger partial charge in [0.2, 0.25) is 0 Å². The second kappa shape index (κ2) is 6.99. The highest BCUT2D eigenvalue weighted by Gasteiger charge is 2.35. The van der Waals surface area contributed by atoms with Crippen LogP contribution in [0.2, 0.25) is 0 Å². The summed E-state index contributed by atoms with van der Waals surface area (Å²) >= 11 is 0. The molecule has 1 aromatic heterocycles. The highest BCUT2D eigenvalue weighted by molar-refractivity contribution is 5.45. The van der Waals surface area contributed by atoms with Crippen LogP contribution in [-0.4, -0.2) is 37.4 Å². The molecule has 1 aliphatic heterocycles. The van der Waals surface area contributed by atoms with Gasteiger partial charge in [0.05, 0.1) is 19.8 Å². The fourth-order valence-electron chi connectivity index (χ4n) is 3.13. The van der Waals surface area contributed by atoms with Crippen molar-refractivity contribution >= 4 is 5.82 Å². The predicted octanol–water partition coefficient (Wildman–Crippen LogP) is 2.46. The van der Waals surface area contributed by atoms with Crippen molar-refractivity contribution in [1.29, 1.82) is 5.26 Å². The maximum absolute atomic E-state index is 11.1. The van der Waals surface area contributed by atoms with E-state index in [1.54, 1.807) is 26.4 Å². The Hall–Kier alpha value is -2.78. The van der Waals surface area contributed by atoms with E-state index in [0.717, 1.165) is 11.4 Å². The van der Waals surface area contributed by atoms with Crippen molar-refractivity contribution in [3.05, 3.63) is 47.7 Å². The molecule has 0 saturated carbocycles. The summed E-state index contributed by atoms with van der Waals surface area (Å²) in [5.41, 5.74) is 0.253. The Bertz CT molecular complexity index is 770. The standard InChI is InChI=1S/C19H21N3O3/c1-24-16-10-14(11-17(12-16)25-2)19(23)6-8-22(9-7-19)18-5-3-4-15(13-20)21-18/h3-5,10-12,23H,6-9H2,1-2H3. The van der Waals surface area contributed by atoms with Crippen LogP contribution < -0.4 is 14.4 Å². The molecule has 0 unspecified atom stereocenters. The molecular formula is C19H21N3O3. The van der Waals surface area contributed by atoms with E-state index in [4.69, 9.17) is 14.7 Å². The van der Waals surface area contributed by atoms with E-state index in [0.29, 0.717) is 43.1 Å². The van der Waals surface area contributed by atoms with Gasteiger partial charge in [-0.1, -0.05) is 6.07 Å².